The van der Waals surface area contributed by atoms with E-state index in [0.29, 0.717) is 16.8 Å². The standard InChI is InChI=1S/C7H8N4O3S2/c12-5(13)4-1-15-3-11(4)7(14)9-6-10-8-2-16-6/h2,4H,1,3H2,(H,12,13)(H,9,10,14). The van der Waals surface area contributed by atoms with E-state index in [1.807, 2.05) is 0 Å². The van der Waals surface area contributed by atoms with Crippen molar-refractivity contribution < 1.29 is 14.7 Å². The summed E-state index contributed by atoms with van der Waals surface area (Å²) in [5.74, 6) is -0.196. The molecule has 7 nitrogen and oxygen atoms in total. The molecule has 1 aromatic heterocycles. The van der Waals surface area contributed by atoms with E-state index in [-0.39, 0.29) is 0 Å². The lowest BCUT2D eigenvalue weighted by atomic mass is 10.3. The molecule has 1 unspecified atom stereocenters. The first kappa shape index (κ1) is 11.1. The smallest absolute Gasteiger partial charge is 0.327 e. The number of carboxylic acid groups (broad SMARTS) is 1. The summed E-state index contributed by atoms with van der Waals surface area (Å²) in [5, 5.41) is 19.0. The summed E-state index contributed by atoms with van der Waals surface area (Å²) >= 11 is 2.60. The molecule has 2 rings (SSSR count). The summed E-state index contributed by atoms with van der Waals surface area (Å²) < 4.78 is 0. The first-order valence-electron chi connectivity index (χ1n) is 4.33. The molecule has 0 aliphatic carbocycles. The van der Waals surface area contributed by atoms with Crippen LogP contribution in [0.1, 0.15) is 0 Å². The van der Waals surface area contributed by atoms with Crippen LogP contribution in [0.2, 0.25) is 0 Å². The highest BCUT2D eigenvalue weighted by Crippen LogP contribution is 2.22. The maximum atomic E-state index is 11.7. The Morgan fingerprint density at radius 1 is 1.62 bits per heavy atom. The molecule has 0 aromatic carbocycles. The molecule has 16 heavy (non-hydrogen) atoms. The fourth-order valence-corrected chi connectivity index (χ4v) is 2.82. The lowest BCUT2D eigenvalue weighted by Gasteiger charge is -2.19. The normalized spacial score (nSPS) is 19.8. The van der Waals surface area contributed by atoms with Crippen LogP contribution in [0.3, 0.4) is 0 Å². The summed E-state index contributed by atoms with van der Waals surface area (Å²) in [7, 11) is 0. The third kappa shape index (κ3) is 2.25. The number of anilines is 1. The lowest BCUT2D eigenvalue weighted by molar-refractivity contribution is -0.140. The highest BCUT2D eigenvalue weighted by atomic mass is 32.2. The number of hydrogen-bond acceptors (Lipinski definition) is 6. The number of nitrogens with one attached hydrogen (secondary N) is 1. The quantitative estimate of drug-likeness (QED) is 0.805. The van der Waals surface area contributed by atoms with Crippen LogP contribution in [0.25, 0.3) is 0 Å². The van der Waals surface area contributed by atoms with Gasteiger partial charge in [-0.1, -0.05) is 11.3 Å². The number of carbonyl (C=O) groups excluding carboxylic acids is 1. The number of rotatable bonds is 2. The molecular weight excluding hydrogens is 252 g/mol. The van der Waals surface area contributed by atoms with Crippen molar-refractivity contribution in [1.82, 2.24) is 15.1 Å². The summed E-state index contributed by atoms with van der Waals surface area (Å²) in [5.41, 5.74) is 1.49. The number of carboxylic acids is 1. The van der Waals surface area contributed by atoms with Gasteiger partial charge in [-0.25, -0.2) is 9.59 Å². The molecule has 0 saturated carbocycles. The Bertz CT molecular complexity index is 396. The van der Waals surface area contributed by atoms with E-state index in [4.69, 9.17) is 5.11 Å². The van der Waals surface area contributed by atoms with Gasteiger partial charge in [0.05, 0.1) is 5.88 Å². The predicted molar refractivity (Wildman–Crippen MR) is 59.5 cm³/mol. The van der Waals surface area contributed by atoms with Gasteiger partial charge in [-0.15, -0.1) is 22.0 Å². The molecule has 0 bridgehead atoms. The van der Waals surface area contributed by atoms with E-state index in [1.165, 1.54) is 33.5 Å². The number of thioether (sulfide) groups is 1. The van der Waals surface area contributed by atoms with Gasteiger partial charge in [-0.3, -0.25) is 5.32 Å². The lowest BCUT2D eigenvalue weighted by Crippen LogP contribution is -2.43. The zero-order chi connectivity index (χ0) is 11.5. The highest BCUT2D eigenvalue weighted by Gasteiger charge is 2.34. The number of urea groups is 1. The fourth-order valence-electron chi connectivity index (χ4n) is 1.24. The van der Waals surface area contributed by atoms with Gasteiger partial charge in [0, 0.05) is 5.75 Å². The molecule has 1 aliphatic heterocycles. The van der Waals surface area contributed by atoms with Crippen molar-refractivity contribution in [3.05, 3.63) is 5.51 Å². The minimum atomic E-state index is -0.989. The van der Waals surface area contributed by atoms with E-state index in [9.17, 15) is 9.59 Å². The minimum absolute atomic E-state index is 0.367. The molecule has 1 atom stereocenters. The zero-order valence-electron chi connectivity index (χ0n) is 7.99. The minimum Gasteiger partial charge on any atom is -0.480 e. The van der Waals surface area contributed by atoms with Crippen LogP contribution in [0.4, 0.5) is 9.93 Å². The Labute approximate surface area is 98.8 Å². The van der Waals surface area contributed by atoms with E-state index >= 15 is 0 Å². The van der Waals surface area contributed by atoms with Gasteiger partial charge in [0.1, 0.15) is 11.6 Å². The second-order valence-electron chi connectivity index (χ2n) is 3.00. The van der Waals surface area contributed by atoms with E-state index in [0.717, 1.165) is 0 Å². The molecule has 1 aliphatic rings. The van der Waals surface area contributed by atoms with Crippen molar-refractivity contribution in [2.24, 2.45) is 0 Å². The van der Waals surface area contributed by atoms with Crippen molar-refractivity contribution in [3.63, 3.8) is 0 Å². The maximum Gasteiger partial charge on any atom is 0.327 e. The van der Waals surface area contributed by atoms with Gasteiger partial charge in [-0.05, 0) is 0 Å². The Hall–Kier alpha value is -1.35. The van der Waals surface area contributed by atoms with E-state index in [1.54, 1.807) is 0 Å². The largest absolute Gasteiger partial charge is 0.480 e. The Kier molecular flexibility index (Phi) is 3.25. The molecule has 2 heterocycles. The van der Waals surface area contributed by atoms with Crippen LogP contribution in [0.5, 0.6) is 0 Å². The Balaban J connectivity index is 2.01. The van der Waals surface area contributed by atoms with Crippen molar-refractivity contribution in [1.29, 1.82) is 0 Å². The van der Waals surface area contributed by atoms with Gasteiger partial charge in [0.15, 0.2) is 0 Å². The van der Waals surface area contributed by atoms with E-state index in [2.05, 4.69) is 15.5 Å². The molecule has 0 radical (unpaired) electrons. The molecular formula is C7H8N4O3S2. The second kappa shape index (κ2) is 4.66. The van der Waals surface area contributed by atoms with Gasteiger partial charge in [0.25, 0.3) is 0 Å². The fraction of sp³-hybridized carbons (Fsp3) is 0.429. The summed E-state index contributed by atoms with van der Waals surface area (Å²) in [4.78, 5) is 23.8. The predicted octanol–water partition coefficient (Wildman–Crippen LogP) is 0.529. The first-order valence-corrected chi connectivity index (χ1v) is 6.36. The van der Waals surface area contributed by atoms with Crippen LogP contribution >= 0.6 is 23.1 Å². The molecule has 1 fully saturated rings. The average Bonchev–Trinajstić information content (AvgIpc) is 2.86. The molecule has 0 spiro atoms. The number of aliphatic carboxylic acids is 1. The summed E-state index contributed by atoms with van der Waals surface area (Å²) in [6.45, 7) is 0. The van der Waals surface area contributed by atoms with Crippen molar-refractivity contribution in [2.75, 3.05) is 16.9 Å². The maximum absolute atomic E-state index is 11.7. The Morgan fingerprint density at radius 3 is 3.06 bits per heavy atom. The van der Waals surface area contributed by atoms with Crippen molar-refractivity contribution in [2.45, 2.75) is 6.04 Å². The van der Waals surface area contributed by atoms with Gasteiger partial charge in [-0.2, -0.15) is 0 Å². The van der Waals surface area contributed by atoms with Gasteiger partial charge < -0.3 is 10.0 Å². The number of nitrogens with zero attached hydrogens (tertiary/aromatic N) is 3. The third-order valence-electron chi connectivity index (χ3n) is 2.00. The molecule has 1 saturated heterocycles. The van der Waals surface area contributed by atoms with Crippen LogP contribution in [-0.4, -0.2) is 49.9 Å². The average molecular weight is 260 g/mol. The second-order valence-corrected chi connectivity index (χ2v) is 4.83. The molecule has 2 N–H and O–H groups in total. The monoisotopic (exact) mass is 260 g/mol. The molecule has 86 valence electrons. The Morgan fingerprint density at radius 2 is 2.44 bits per heavy atom. The molecule has 1 aromatic rings. The first-order chi connectivity index (χ1) is 7.68. The van der Waals surface area contributed by atoms with Crippen LogP contribution in [-0.2, 0) is 4.79 Å². The SMILES string of the molecule is O=C(O)C1CSCN1C(=O)Nc1nncs1. The van der Waals surface area contributed by atoms with Gasteiger partial charge >= 0.3 is 12.0 Å². The van der Waals surface area contributed by atoms with Crippen LogP contribution in [0.15, 0.2) is 5.51 Å². The number of aromatic nitrogens is 2. The van der Waals surface area contributed by atoms with Crippen molar-refractivity contribution >= 4 is 40.2 Å². The summed E-state index contributed by atoms with van der Waals surface area (Å²) in [6, 6.07) is -1.22. The molecule has 9 heteroatoms. The number of amides is 2. The highest BCUT2D eigenvalue weighted by molar-refractivity contribution is 7.99. The summed E-state index contributed by atoms with van der Waals surface area (Å²) in [6.07, 6.45) is 0. The van der Waals surface area contributed by atoms with Gasteiger partial charge in [0.2, 0.25) is 5.13 Å². The third-order valence-corrected chi connectivity index (χ3v) is 3.62. The molecule has 2 amide bonds. The van der Waals surface area contributed by atoms with Crippen LogP contribution < -0.4 is 5.32 Å². The van der Waals surface area contributed by atoms with E-state index < -0.39 is 18.0 Å². The number of hydrogen-bond donors (Lipinski definition) is 2. The van der Waals surface area contributed by atoms with Crippen LogP contribution in [0, 0.1) is 0 Å². The van der Waals surface area contributed by atoms with Crippen molar-refractivity contribution in [3.8, 4) is 0 Å². The number of carbonyl (C=O) groups is 2. The topological polar surface area (TPSA) is 95.4 Å². The zero-order valence-corrected chi connectivity index (χ0v) is 9.62.